The third-order valence-corrected chi connectivity index (χ3v) is 3.43. The molecule has 0 aliphatic rings. The summed E-state index contributed by atoms with van der Waals surface area (Å²) in [5, 5.41) is 6.93. The molecule has 1 aromatic carbocycles. The Balaban J connectivity index is 1.93. The SMILES string of the molecule is Nc1cc(Br)ccc1NC(=O)c1cnn2ccccc12. The highest BCUT2D eigenvalue weighted by atomic mass is 79.9. The molecule has 0 atom stereocenters. The van der Waals surface area contributed by atoms with Crippen LogP contribution in [0.2, 0.25) is 0 Å². The molecule has 0 saturated carbocycles. The Labute approximate surface area is 123 Å². The van der Waals surface area contributed by atoms with Crippen molar-refractivity contribution in [3.63, 3.8) is 0 Å². The van der Waals surface area contributed by atoms with E-state index < -0.39 is 0 Å². The number of nitrogens with zero attached hydrogens (tertiary/aromatic N) is 2. The fourth-order valence-corrected chi connectivity index (χ4v) is 2.33. The van der Waals surface area contributed by atoms with E-state index in [1.165, 1.54) is 0 Å². The van der Waals surface area contributed by atoms with E-state index in [2.05, 4.69) is 26.3 Å². The Morgan fingerprint density at radius 1 is 1.30 bits per heavy atom. The maximum atomic E-state index is 12.3. The van der Waals surface area contributed by atoms with Crippen LogP contribution in [0.5, 0.6) is 0 Å². The number of aromatic nitrogens is 2. The van der Waals surface area contributed by atoms with Gasteiger partial charge in [0.1, 0.15) is 0 Å². The minimum atomic E-state index is -0.236. The Morgan fingerprint density at radius 3 is 2.95 bits per heavy atom. The zero-order valence-electron chi connectivity index (χ0n) is 10.4. The predicted molar refractivity (Wildman–Crippen MR) is 81.7 cm³/mol. The Bertz CT molecular complexity index is 797. The van der Waals surface area contributed by atoms with Crippen LogP contribution < -0.4 is 11.1 Å². The third-order valence-electron chi connectivity index (χ3n) is 2.93. The number of carbonyl (C=O) groups excluding carboxylic acids is 1. The number of fused-ring (bicyclic) bond motifs is 1. The minimum absolute atomic E-state index is 0.236. The lowest BCUT2D eigenvalue weighted by atomic mass is 10.2. The van der Waals surface area contributed by atoms with Crippen molar-refractivity contribution in [1.29, 1.82) is 0 Å². The average molecular weight is 331 g/mol. The van der Waals surface area contributed by atoms with Gasteiger partial charge in [0.05, 0.1) is 28.7 Å². The van der Waals surface area contributed by atoms with E-state index in [0.717, 1.165) is 9.99 Å². The number of benzene rings is 1. The van der Waals surface area contributed by atoms with E-state index in [1.54, 1.807) is 29.0 Å². The highest BCUT2D eigenvalue weighted by molar-refractivity contribution is 9.10. The standard InChI is InChI=1S/C14H11BrN4O/c15-9-4-5-12(11(16)7-9)18-14(20)10-8-17-19-6-2-1-3-13(10)19/h1-8H,16H2,(H,18,20). The molecule has 0 fully saturated rings. The number of hydrogen-bond acceptors (Lipinski definition) is 3. The van der Waals surface area contributed by atoms with E-state index in [4.69, 9.17) is 5.73 Å². The number of nitrogens with two attached hydrogens (primary N) is 1. The maximum Gasteiger partial charge on any atom is 0.259 e. The lowest BCUT2D eigenvalue weighted by Gasteiger charge is -2.07. The van der Waals surface area contributed by atoms with Crippen LogP contribution in [0.25, 0.3) is 5.52 Å². The maximum absolute atomic E-state index is 12.3. The van der Waals surface area contributed by atoms with Crippen molar-refractivity contribution in [2.24, 2.45) is 0 Å². The summed E-state index contributed by atoms with van der Waals surface area (Å²) in [5.41, 5.74) is 8.21. The predicted octanol–water partition coefficient (Wildman–Crippen LogP) is 2.93. The number of nitrogens with one attached hydrogen (secondary N) is 1. The van der Waals surface area contributed by atoms with E-state index in [0.29, 0.717) is 16.9 Å². The molecule has 0 unspecified atom stereocenters. The van der Waals surface area contributed by atoms with Gasteiger partial charge < -0.3 is 11.1 Å². The molecule has 100 valence electrons. The van der Waals surface area contributed by atoms with Crippen LogP contribution in [0.1, 0.15) is 10.4 Å². The second kappa shape index (κ2) is 4.97. The van der Waals surface area contributed by atoms with Gasteiger partial charge in [0.15, 0.2) is 0 Å². The largest absolute Gasteiger partial charge is 0.397 e. The smallest absolute Gasteiger partial charge is 0.259 e. The van der Waals surface area contributed by atoms with Crippen LogP contribution >= 0.6 is 15.9 Å². The van der Waals surface area contributed by atoms with Crippen molar-refractivity contribution < 1.29 is 4.79 Å². The first kappa shape index (κ1) is 12.7. The van der Waals surface area contributed by atoms with Crippen molar-refractivity contribution in [3.05, 3.63) is 58.8 Å². The van der Waals surface area contributed by atoms with Crippen molar-refractivity contribution >= 4 is 38.7 Å². The second-order valence-electron chi connectivity index (χ2n) is 4.27. The van der Waals surface area contributed by atoms with Gasteiger partial charge in [0.25, 0.3) is 5.91 Å². The Morgan fingerprint density at radius 2 is 2.15 bits per heavy atom. The topological polar surface area (TPSA) is 72.4 Å². The molecule has 3 aromatic rings. The molecule has 0 bridgehead atoms. The first-order valence-corrected chi connectivity index (χ1v) is 6.73. The van der Waals surface area contributed by atoms with Crippen LogP contribution in [0.15, 0.2) is 53.3 Å². The molecule has 6 heteroatoms. The molecule has 0 saturated heterocycles. The van der Waals surface area contributed by atoms with Crippen molar-refractivity contribution in [2.45, 2.75) is 0 Å². The normalized spacial score (nSPS) is 10.7. The van der Waals surface area contributed by atoms with E-state index in [-0.39, 0.29) is 5.91 Å². The van der Waals surface area contributed by atoms with Crippen LogP contribution in [-0.2, 0) is 0 Å². The highest BCUT2D eigenvalue weighted by Crippen LogP contribution is 2.24. The number of hydrogen-bond donors (Lipinski definition) is 2. The monoisotopic (exact) mass is 330 g/mol. The van der Waals surface area contributed by atoms with Gasteiger partial charge in [-0.15, -0.1) is 0 Å². The van der Waals surface area contributed by atoms with E-state index >= 15 is 0 Å². The number of rotatable bonds is 2. The number of nitrogen functional groups attached to an aromatic ring is 1. The molecule has 2 aromatic heterocycles. The van der Waals surface area contributed by atoms with Gasteiger partial charge in [-0.25, -0.2) is 4.52 Å². The molecule has 3 N–H and O–H groups in total. The van der Waals surface area contributed by atoms with Gasteiger partial charge in [0.2, 0.25) is 0 Å². The molecule has 0 aliphatic heterocycles. The van der Waals surface area contributed by atoms with Gasteiger partial charge in [-0.2, -0.15) is 5.10 Å². The average Bonchev–Trinajstić information content (AvgIpc) is 2.86. The first-order valence-electron chi connectivity index (χ1n) is 5.94. The van der Waals surface area contributed by atoms with Crippen LogP contribution in [0.3, 0.4) is 0 Å². The molecule has 20 heavy (non-hydrogen) atoms. The lowest BCUT2D eigenvalue weighted by Crippen LogP contribution is -2.12. The first-order chi connectivity index (χ1) is 9.65. The molecular formula is C14H11BrN4O. The van der Waals surface area contributed by atoms with Crippen molar-refractivity contribution in [3.8, 4) is 0 Å². The van der Waals surface area contributed by atoms with E-state index in [9.17, 15) is 4.79 Å². The van der Waals surface area contributed by atoms with Gasteiger partial charge in [-0.1, -0.05) is 22.0 Å². The van der Waals surface area contributed by atoms with Gasteiger partial charge in [-0.3, -0.25) is 4.79 Å². The van der Waals surface area contributed by atoms with Crippen molar-refractivity contribution in [1.82, 2.24) is 9.61 Å². The fourth-order valence-electron chi connectivity index (χ4n) is 1.95. The van der Waals surface area contributed by atoms with Gasteiger partial charge >= 0.3 is 0 Å². The summed E-state index contributed by atoms with van der Waals surface area (Å²) in [5.74, 6) is -0.236. The Kier molecular flexibility index (Phi) is 3.15. The third kappa shape index (κ3) is 2.25. The molecule has 3 rings (SSSR count). The summed E-state index contributed by atoms with van der Waals surface area (Å²) >= 11 is 3.33. The second-order valence-corrected chi connectivity index (χ2v) is 5.19. The molecule has 5 nitrogen and oxygen atoms in total. The highest BCUT2D eigenvalue weighted by Gasteiger charge is 2.13. The summed E-state index contributed by atoms with van der Waals surface area (Å²) in [6, 6.07) is 10.9. The van der Waals surface area contributed by atoms with Crippen LogP contribution in [0.4, 0.5) is 11.4 Å². The molecule has 0 spiro atoms. The fraction of sp³-hybridized carbons (Fsp3) is 0. The molecular weight excluding hydrogens is 320 g/mol. The lowest BCUT2D eigenvalue weighted by molar-refractivity contribution is 0.102. The van der Waals surface area contributed by atoms with E-state index in [1.807, 2.05) is 24.3 Å². The van der Waals surface area contributed by atoms with Crippen LogP contribution in [-0.4, -0.2) is 15.5 Å². The number of halogens is 1. The van der Waals surface area contributed by atoms with Crippen molar-refractivity contribution in [2.75, 3.05) is 11.1 Å². The summed E-state index contributed by atoms with van der Waals surface area (Å²) in [6.45, 7) is 0. The number of carbonyl (C=O) groups is 1. The summed E-state index contributed by atoms with van der Waals surface area (Å²) in [4.78, 5) is 12.3. The number of anilines is 2. The number of amides is 1. The quantitative estimate of drug-likeness (QED) is 0.709. The summed E-state index contributed by atoms with van der Waals surface area (Å²) < 4.78 is 2.52. The minimum Gasteiger partial charge on any atom is -0.397 e. The summed E-state index contributed by atoms with van der Waals surface area (Å²) in [7, 11) is 0. The van der Waals surface area contributed by atoms with Gasteiger partial charge in [-0.05, 0) is 30.3 Å². The molecule has 1 amide bonds. The van der Waals surface area contributed by atoms with Crippen LogP contribution in [0, 0.1) is 0 Å². The number of pyridine rings is 1. The zero-order chi connectivity index (χ0) is 14.1. The molecule has 0 aliphatic carbocycles. The zero-order valence-corrected chi connectivity index (χ0v) is 12.0. The van der Waals surface area contributed by atoms with Gasteiger partial charge in [0, 0.05) is 10.7 Å². The molecule has 0 radical (unpaired) electrons. The Hall–Kier alpha value is -2.34. The molecule has 2 heterocycles. The summed E-state index contributed by atoms with van der Waals surface area (Å²) in [6.07, 6.45) is 3.33.